The number of carbonyl (C=O) groups is 2. The highest BCUT2D eigenvalue weighted by atomic mass is 35.5. The number of esters is 1. The first-order valence-electron chi connectivity index (χ1n) is 6.80. The Bertz CT molecular complexity index is 758. The number of amides is 1. The Morgan fingerprint density at radius 3 is 2.33 bits per heavy atom. The largest absolute Gasteiger partial charge is 0.452 e. The van der Waals surface area contributed by atoms with Gasteiger partial charge in [-0.25, -0.2) is 4.79 Å². The molecule has 2 rings (SSSR count). The van der Waals surface area contributed by atoms with Crippen molar-refractivity contribution in [3.05, 3.63) is 57.0 Å². The van der Waals surface area contributed by atoms with E-state index in [1.165, 1.54) is 12.1 Å². The van der Waals surface area contributed by atoms with Gasteiger partial charge in [0.1, 0.15) is 0 Å². The molecule has 0 fully saturated rings. The van der Waals surface area contributed by atoms with E-state index >= 15 is 0 Å². The van der Waals surface area contributed by atoms with E-state index < -0.39 is 18.5 Å². The van der Waals surface area contributed by atoms with Crippen LogP contribution in [0, 0.1) is 0 Å². The van der Waals surface area contributed by atoms with Gasteiger partial charge in [0.05, 0.1) is 21.3 Å². The Kier molecular flexibility index (Phi) is 6.31. The van der Waals surface area contributed by atoms with E-state index in [0.717, 1.165) is 0 Å². The van der Waals surface area contributed by atoms with E-state index in [2.05, 4.69) is 10.6 Å². The van der Waals surface area contributed by atoms with Crippen LogP contribution >= 0.6 is 34.8 Å². The molecule has 8 heteroatoms. The van der Waals surface area contributed by atoms with Crippen LogP contribution in [0.2, 0.25) is 15.1 Å². The average molecular weight is 388 g/mol. The summed E-state index contributed by atoms with van der Waals surface area (Å²) < 4.78 is 5.00. The number of carbonyl (C=O) groups excluding carboxylic acids is 2. The van der Waals surface area contributed by atoms with Gasteiger partial charge in [-0.2, -0.15) is 0 Å². The molecule has 0 saturated carbocycles. The third-order valence-electron chi connectivity index (χ3n) is 3.02. The van der Waals surface area contributed by atoms with Crippen LogP contribution in [0.4, 0.5) is 11.4 Å². The summed E-state index contributed by atoms with van der Waals surface area (Å²) in [7, 11) is 1.68. The van der Waals surface area contributed by atoms with E-state index in [9.17, 15) is 9.59 Å². The van der Waals surface area contributed by atoms with Crippen molar-refractivity contribution in [1.82, 2.24) is 0 Å². The molecular formula is C16H13Cl3N2O3. The molecule has 0 heterocycles. The van der Waals surface area contributed by atoms with E-state index in [1.54, 1.807) is 31.3 Å². The standard InChI is InChI=1S/C16H13Cl3N2O3/c1-20-13-5-3-2-4-10(13)16(23)24-8-14(22)21-15-11(18)6-9(17)7-12(15)19/h2-7,20H,8H2,1H3,(H,21,22). The molecule has 0 aliphatic heterocycles. The summed E-state index contributed by atoms with van der Waals surface area (Å²) in [6.45, 7) is -0.480. The summed E-state index contributed by atoms with van der Waals surface area (Å²) in [5.41, 5.74) is 1.14. The van der Waals surface area contributed by atoms with Crippen LogP contribution in [0.3, 0.4) is 0 Å². The zero-order chi connectivity index (χ0) is 17.7. The summed E-state index contributed by atoms with van der Waals surface area (Å²) in [4.78, 5) is 24.0. The number of para-hydroxylation sites is 1. The summed E-state index contributed by atoms with van der Waals surface area (Å²) in [5, 5.41) is 6.08. The van der Waals surface area contributed by atoms with Crippen molar-refractivity contribution in [3.63, 3.8) is 0 Å². The first-order chi connectivity index (χ1) is 11.4. The maximum absolute atomic E-state index is 12.0. The molecule has 1 amide bonds. The first-order valence-corrected chi connectivity index (χ1v) is 7.94. The second-order valence-corrected chi connectivity index (χ2v) is 5.92. The fraction of sp³-hybridized carbons (Fsp3) is 0.125. The average Bonchev–Trinajstić information content (AvgIpc) is 2.55. The predicted molar refractivity (Wildman–Crippen MR) is 96.4 cm³/mol. The molecule has 2 N–H and O–H groups in total. The van der Waals surface area contributed by atoms with Gasteiger partial charge in [-0.3, -0.25) is 4.79 Å². The Balaban J connectivity index is 2.00. The summed E-state index contributed by atoms with van der Waals surface area (Å²) in [6, 6.07) is 9.69. The van der Waals surface area contributed by atoms with Crippen molar-refractivity contribution in [1.29, 1.82) is 0 Å². The Labute approximate surface area is 153 Å². The third-order valence-corrected chi connectivity index (χ3v) is 3.84. The predicted octanol–water partition coefficient (Wildman–Crippen LogP) is 4.48. The lowest BCUT2D eigenvalue weighted by atomic mass is 10.2. The van der Waals surface area contributed by atoms with Crippen molar-refractivity contribution in [3.8, 4) is 0 Å². The molecule has 0 aromatic heterocycles. The Hall–Kier alpha value is -1.95. The topological polar surface area (TPSA) is 67.4 Å². The lowest BCUT2D eigenvalue weighted by molar-refractivity contribution is -0.119. The number of nitrogens with one attached hydrogen (secondary N) is 2. The lowest BCUT2D eigenvalue weighted by Gasteiger charge is -2.11. The monoisotopic (exact) mass is 386 g/mol. The quantitative estimate of drug-likeness (QED) is 0.742. The van der Waals surface area contributed by atoms with Gasteiger partial charge in [0, 0.05) is 17.8 Å². The fourth-order valence-corrected chi connectivity index (χ4v) is 2.84. The molecule has 0 aliphatic carbocycles. The highest BCUT2D eigenvalue weighted by Gasteiger charge is 2.15. The molecule has 0 unspecified atom stereocenters. The van der Waals surface area contributed by atoms with Crippen molar-refractivity contribution >= 4 is 58.1 Å². The van der Waals surface area contributed by atoms with Gasteiger partial charge in [0.2, 0.25) is 0 Å². The minimum atomic E-state index is -0.622. The first kappa shape index (κ1) is 18.4. The van der Waals surface area contributed by atoms with Crippen LogP contribution < -0.4 is 10.6 Å². The van der Waals surface area contributed by atoms with Crippen molar-refractivity contribution in [2.24, 2.45) is 0 Å². The van der Waals surface area contributed by atoms with Crippen LogP contribution in [0.15, 0.2) is 36.4 Å². The minimum absolute atomic E-state index is 0.188. The maximum atomic E-state index is 12.0. The number of hydrogen-bond acceptors (Lipinski definition) is 4. The summed E-state index contributed by atoms with van der Waals surface area (Å²) >= 11 is 17.8. The van der Waals surface area contributed by atoms with Crippen LogP contribution in [-0.2, 0) is 9.53 Å². The normalized spacial score (nSPS) is 10.2. The molecule has 0 bridgehead atoms. The highest BCUT2D eigenvalue weighted by molar-refractivity contribution is 6.42. The fourth-order valence-electron chi connectivity index (χ4n) is 1.93. The van der Waals surface area contributed by atoms with Gasteiger partial charge < -0.3 is 15.4 Å². The van der Waals surface area contributed by atoms with E-state index in [1.807, 2.05) is 0 Å². The molecule has 0 atom stereocenters. The van der Waals surface area contributed by atoms with Gasteiger partial charge in [-0.1, -0.05) is 46.9 Å². The van der Waals surface area contributed by atoms with Crippen molar-refractivity contribution in [2.75, 3.05) is 24.3 Å². The second-order valence-electron chi connectivity index (χ2n) is 4.66. The zero-order valence-electron chi connectivity index (χ0n) is 12.5. The molecular weight excluding hydrogens is 375 g/mol. The van der Waals surface area contributed by atoms with Crippen LogP contribution in [0.1, 0.15) is 10.4 Å². The van der Waals surface area contributed by atoms with Gasteiger partial charge in [-0.05, 0) is 24.3 Å². The molecule has 2 aromatic rings. The minimum Gasteiger partial charge on any atom is -0.452 e. The summed E-state index contributed by atoms with van der Waals surface area (Å²) in [6.07, 6.45) is 0. The van der Waals surface area contributed by atoms with E-state index in [4.69, 9.17) is 39.5 Å². The second kappa shape index (κ2) is 8.24. The summed E-state index contributed by atoms with van der Waals surface area (Å²) in [5.74, 6) is -1.19. The molecule has 2 aromatic carbocycles. The number of rotatable bonds is 5. The zero-order valence-corrected chi connectivity index (χ0v) is 14.8. The van der Waals surface area contributed by atoms with Gasteiger partial charge in [0.15, 0.2) is 6.61 Å². The lowest BCUT2D eigenvalue weighted by Crippen LogP contribution is -2.21. The van der Waals surface area contributed by atoms with Crippen LogP contribution in [0.25, 0.3) is 0 Å². The van der Waals surface area contributed by atoms with Crippen LogP contribution in [-0.4, -0.2) is 25.5 Å². The third kappa shape index (κ3) is 4.54. The van der Waals surface area contributed by atoms with Crippen molar-refractivity contribution < 1.29 is 14.3 Å². The molecule has 0 aliphatic rings. The maximum Gasteiger partial charge on any atom is 0.340 e. The van der Waals surface area contributed by atoms with Gasteiger partial charge in [0.25, 0.3) is 5.91 Å². The van der Waals surface area contributed by atoms with Crippen molar-refractivity contribution in [2.45, 2.75) is 0 Å². The van der Waals surface area contributed by atoms with E-state index in [-0.39, 0.29) is 15.7 Å². The van der Waals surface area contributed by atoms with Gasteiger partial charge >= 0.3 is 5.97 Å². The van der Waals surface area contributed by atoms with Gasteiger partial charge in [-0.15, -0.1) is 0 Å². The smallest absolute Gasteiger partial charge is 0.340 e. The molecule has 0 saturated heterocycles. The SMILES string of the molecule is CNc1ccccc1C(=O)OCC(=O)Nc1c(Cl)cc(Cl)cc1Cl. The number of benzene rings is 2. The number of anilines is 2. The Morgan fingerprint density at radius 2 is 1.71 bits per heavy atom. The molecule has 0 radical (unpaired) electrons. The number of hydrogen-bond donors (Lipinski definition) is 2. The Morgan fingerprint density at radius 1 is 1.08 bits per heavy atom. The van der Waals surface area contributed by atoms with E-state index in [0.29, 0.717) is 16.3 Å². The number of ether oxygens (including phenoxy) is 1. The molecule has 126 valence electrons. The highest BCUT2D eigenvalue weighted by Crippen LogP contribution is 2.33. The molecule has 5 nitrogen and oxygen atoms in total. The van der Waals surface area contributed by atoms with Crippen LogP contribution in [0.5, 0.6) is 0 Å². The molecule has 0 spiro atoms. The molecule has 24 heavy (non-hydrogen) atoms. The number of halogens is 3.